The first-order chi connectivity index (χ1) is 9.99. The number of thiophene rings is 1. The number of carbonyl (C=O) groups is 2. The topological polar surface area (TPSA) is 78.4 Å². The summed E-state index contributed by atoms with van der Waals surface area (Å²) in [5, 5.41) is 16.0. The highest BCUT2D eigenvalue weighted by Crippen LogP contribution is 2.30. The van der Waals surface area contributed by atoms with Crippen molar-refractivity contribution in [2.45, 2.75) is 6.04 Å². The van der Waals surface area contributed by atoms with E-state index in [-0.39, 0.29) is 0 Å². The molecule has 0 saturated heterocycles. The lowest BCUT2D eigenvalue weighted by Gasteiger charge is -2.15. The highest BCUT2D eigenvalue weighted by molar-refractivity contribution is 9.11. The van der Waals surface area contributed by atoms with Gasteiger partial charge in [-0.3, -0.25) is 0 Å². The van der Waals surface area contributed by atoms with E-state index in [1.165, 1.54) is 11.3 Å². The maximum atomic E-state index is 12.0. The van der Waals surface area contributed by atoms with Crippen molar-refractivity contribution in [1.82, 2.24) is 5.32 Å². The zero-order valence-corrected chi connectivity index (χ0v) is 14.5. The van der Waals surface area contributed by atoms with E-state index in [9.17, 15) is 14.7 Å². The Morgan fingerprint density at radius 3 is 2.33 bits per heavy atom. The standard InChI is InChI=1S/C13H10Br2N2O3S/c14-7-3-1-4-8(15)10(7)16-13(20)17-11(12(18)19)9-5-2-6-21-9/h1-6,11H,(H,18,19)(H2,16,17,20). The van der Waals surface area contributed by atoms with Gasteiger partial charge in [-0.25, -0.2) is 9.59 Å². The molecular weight excluding hydrogens is 424 g/mol. The van der Waals surface area contributed by atoms with E-state index in [1.807, 2.05) is 6.07 Å². The average Bonchev–Trinajstić information content (AvgIpc) is 2.94. The summed E-state index contributed by atoms with van der Waals surface area (Å²) in [4.78, 5) is 23.8. The van der Waals surface area contributed by atoms with Gasteiger partial charge < -0.3 is 15.7 Å². The first kappa shape index (κ1) is 16.0. The Morgan fingerprint density at radius 2 is 1.81 bits per heavy atom. The van der Waals surface area contributed by atoms with E-state index in [0.29, 0.717) is 19.5 Å². The van der Waals surface area contributed by atoms with Crippen molar-refractivity contribution in [2.75, 3.05) is 5.32 Å². The molecule has 0 aliphatic rings. The molecule has 0 aliphatic heterocycles. The van der Waals surface area contributed by atoms with Gasteiger partial charge >= 0.3 is 12.0 Å². The van der Waals surface area contributed by atoms with E-state index in [2.05, 4.69) is 42.5 Å². The number of nitrogens with one attached hydrogen (secondary N) is 2. The number of urea groups is 1. The second-order valence-corrected chi connectivity index (χ2v) is 6.67. The molecule has 1 aromatic heterocycles. The largest absolute Gasteiger partial charge is 0.479 e. The zero-order chi connectivity index (χ0) is 15.4. The smallest absolute Gasteiger partial charge is 0.331 e. The number of amides is 2. The zero-order valence-electron chi connectivity index (χ0n) is 10.5. The highest BCUT2D eigenvalue weighted by atomic mass is 79.9. The Labute approximate surface area is 141 Å². The maximum Gasteiger partial charge on any atom is 0.331 e. The molecule has 2 amide bonds. The minimum atomic E-state index is -1.11. The number of benzene rings is 1. The first-order valence-corrected chi connectivity index (χ1v) is 8.23. The molecular formula is C13H10Br2N2O3S. The second kappa shape index (κ2) is 7.06. The van der Waals surface area contributed by atoms with Crippen molar-refractivity contribution < 1.29 is 14.7 Å². The third-order valence-corrected chi connectivity index (χ3v) is 4.81. The predicted molar refractivity (Wildman–Crippen MR) is 88.7 cm³/mol. The summed E-state index contributed by atoms with van der Waals surface area (Å²) in [6.07, 6.45) is 0. The van der Waals surface area contributed by atoms with Crippen LogP contribution < -0.4 is 10.6 Å². The molecule has 5 nitrogen and oxygen atoms in total. The van der Waals surface area contributed by atoms with Crippen LogP contribution in [0.25, 0.3) is 0 Å². The van der Waals surface area contributed by atoms with Crippen LogP contribution in [0.2, 0.25) is 0 Å². The number of hydrogen-bond acceptors (Lipinski definition) is 3. The molecule has 21 heavy (non-hydrogen) atoms. The van der Waals surface area contributed by atoms with E-state index in [0.717, 1.165) is 0 Å². The molecule has 110 valence electrons. The summed E-state index contributed by atoms with van der Waals surface area (Å²) in [6, 6.07) is 7.08. The lowest BCUT2D eigenvalue weighted by molar-refractivity contribution is -0.139. The van der Waals surface area contributed by atoms with Crippen LogP contribution in [0.4, 0.5) is 10.5 Å². The Kier molecular flexibility index (Phi) is 5.38. The van der Waals surface area contributed by atoms with Crippen LogP contribution >= 0.6 is 43.2 Å². The van der Waals surface area contributed by atoms with Crippen molar-refractivity contribution in [3.05, 3.63) is 49.5 Å². The van der Waals surface area contributed by atoms with Gasteiger partial charge in [0.05, 0.1) is 5.69 Å². The van der Waals surface area contributed by atoms with Gasteiger partial charge in [0.15, 0.2) is 6.04 Å². The number of anilines is 1. The summed E-state index contributed by atoms with van der Waals surface area (Å²) in [5.74, 6) is -1.11. The van der Waals surface area contributed by atoms with Gasteiger partial charge in [0.1, 0.15) is 0 Å². The fourth-order valence-electron chi connectivity index (χ4n) is 1.61. The van der Waals surface area contributed by atoms with E-state index < -0.39 is 18.0 Å². The predicted octanol–water partition coefficient (Wildman–Crippen LogP) is 4.22. The average molecular weight is 434 g/mol. The fourth-order valence-corrected chi connectivity index (χ4v) is 3.57. The van der Waals surface area contributed by atoms with Crippen LogP contribution in [-0.2, 0) is 4.79 Å². The summed E-state index contributed by atoms with van der Waals surface area (Å²) >= 11 is 7.92. The van der Waals surface area contributed by atoms with Crippen molar-refractivity contribution >= 4 is 60.9 Å². The number of halogens is 2. The lowest BCUT2D eigenvalue weighted by atomic mass is 10.2. The van der Waals surface area contributed by atoms with Gasteiger partial charge in [0.2, 0.25) is 0 Å². The molecule has 3 N–H and O–H groups in total. The Hall–Kier alpha value is -1.38. The van der Waals surface area contributed by atoms with E-state index >= 15 is 0 Å². The lowest BCUT2D eigenvalue weighted by Crippen LogP contribution is -2.36. The van der Waals surface area contributed by atoms with Gasteiger partial charge in [-0.2, -0.15) is 0 Å². The number of aliphatic carboxylic acids is 1. The van der Waals surface area contributed by atoms with Gasteiger partial charge in [0, 0.05) is 13.8 Å². The third-order valence-electron chi connectivity index (χ3n) is 2.55. The highest BCUT2D eigenvalue weighted by Gasteiger charge is 2.23. The molecule has 1 unspecified atom stereocenters. The quantitative estimate of drug-likeness (QED) is 0.675. The van der Waals surface area contributed by atoms with Crippen LogP contribution in [0.3, 0.4) is 0 Å². The Balaban J connectivity index is 2.12. The minimum Gasteiger partial charge on any atom is -0.479 e. The molecule has 0 saturated carbocycles. The number of carboxylic acids is 1. The van der Waals surface area contributed by atoms with Crippen LogP contribution in [-0.4, -0.2) is 17.1 Å². The number of rotatable bonds is 4. The van der Waals surface area contributed by atoms with Gasteiger partial charge in [-0.1, -0.05) is 12.1 Å². The molecule has 2 aromatic rings. The third kappa shape index (κ3) is 4.05. The molecule has 1 aromatic carbocycles. The van der Waals surface area contributed by atoms with Crippen LogP contribution in [0.15, 0.2) is 44.7 Å². The van der Waals surface area contributed by atoms with Gasteiger partial charge in [0.25, 0.3) is 0 Å². The normalized spacial score (nSPS) is 11.7. The number of carboxylic acid groups (broad SMARTS) is 1. The molecule has 0 bridgehead atoms. The van der Waals surface area contributed by atoms with E-state index in [4.69, 9.17) is 0 Å². The number of hydrogen-bond donors (Lipinski definition) is 3. The molecule has 1 heterocycles. The molecule has 1 atom stereocenters. The minimum absolute atomic E-state index is 0.533. The first-order valence-electron chi connectivity index (χ1n) is 5.77. The fraction of sp³-hybridized carbons (Fsp3) is 0.0769. The maximum absolute atomic E-state index is 12.0. The van der Waals surface area contributed by atoms with Gasteiger partial charge in [-0.05, 0) is 55.4 Å². The van der Waals surface area contributed by atoms with Crippen LogP contribution in [0, 0.1) is 0 Å². The van der Waals surface area contributed by atoms with Crippen molar-refractivity contribution in [1.29, 1.82) is 0 Å². The summed E-state index contributed by atoms with van der Waals surface area (Å²) < 4.78 is 1.38. The second-order valence-electron chi connectivity index (χ2n) is 3.98. The molecule has 2 rings (SSSR count). The van der Waals surface area contributed by atoms with Crippen molar-refractivity contribution in [3.8, 4) is 0 Å². The molecule has 0 spiro atoms. The number of para-hydroxylation sites is 1. The van der Waals surface area contributed by atoms with Crippen LogP contribution in [0.1, 0.15) is 10.9 Å². The molecule has 8 heteroatoms. The Morgan fingerprint density at radius 1 is 1.14 bits per heavy atom. The van der Waals surface area contributed by atoms with Crippen molar-refractivity contribution in [3.63, 3.8) is 0 Å². The molecule has 0 radical (unpaired) electrons. The van der Waals surface area contributed by atoms with Crippen LogP contribution in [0.5, 0.6) is 0 Å². The van der Waals surface area contributed by atoms with E-state index in [1.54, 1.807) is 29.6 Å². The number of carbonyl (C=O) groups excluding carboxylic acids is 1. The summed E-state index contributed by atoms with van der Waals surface area (Å²) in [7, 11) is 0. The summed E-state index contributed by atoms with van der Waals surface area (Å²) in [6.45, 7) is 0. The summed E-state index contributed by atoms with van der Waals surface area (Å²) in [5.41, 5.74) is 0.533. The monoisotopic (exact) mass is 432 g/mol. The molecule has 0 aliphatic carbocycles. The SMILES string of the molecule is O=C(Nc1c(Br)cccc1Br)NC(C(=O)O)c1cccs1. The Bertz CT molecular complexity index is 641. The van der Waals surface area contributed by atoms with Crippen molar-refractivity contribution in [2.24, 2.45) is 0 Å². The van der Waals surface area contributed by atoms with Gasteiger partial charge in [-0.15, -0.1) is 11.3 Å². The molecule has 0 fully saturated rings.